The molecule has 1 rings (SSSR count). The summed E-state index contributed by atoms with van der Waals surface area (Å²) < 4.78 is 0. The van der Waals surface area contributed by atoms with E-state index in [-0.39, 0.29) is 18.0 Å². The van der Waals surface area contributed by atoms with Crippen LogP contribution in [0.2, 0.25) is 0 Å². The molecule has 0 saturated heterocycles. The summed E-state index contributed by atoms with van der Waals surface area (Å²) in [4.78, 5) is 18.1. The summed E-state index contributed by atoms with van der Waals surface area (Å²) in [5, 5.41) is 3.04. The summed E-state index contributed by atoms with van der Waals surface area (Å²) in [6.07, 6.45) is 0. The third kappa shape index (κ3) is 6.79. The smallest absolute Gasteiger partial charge is 0.244 e. The van der Waals surface area contributed by atoms with Crippen molar-refractivity contribution in [1.29, 1.82) is 0 Å². The van der Waals surface area contributed by atoms with Crippen LogP contribution in [0.4, 0.5) is 0 Å². The Morgan fingerprint density at radius 3 is 2.43 bits per heavy atom. The Morgan fingerprint density at radius 2 is 1.90 bits per heavy atom. The molecule has 0 spiro atoms. The van der Waals surface area contributed by atoms with Crippen LogP contribution in [0, 0.1) is 0 Å². The fourth-order valence-corrected chi connectivity index (χ4v) is 1.86. The molecule has 0 heterocycles. The highest BCUT2D eigenvalue weighted by Gasteiger charge is 2.13. The predicted molar refractivity (Wildman–Crippen MR) is 86.9 cm³/mol. The maximum absolute atomic E-state index is 12.2. The van der Waals surface area contributed by atoms with Crippen LogP contribution in [-0.2, 0) is 11.3 Å². The van der Waals surface area contributed by atoms with E-state index in [1.807, 2.05) is 58.0 Å². The van der Waals surface area contributed by atoms with Crippen LogP contribution < -0.4 is 11.1 Å². The summed E-state index contributed by atoms with van der Waals surface area (Å²) in [7, 11) is 0. The summed E-state index contributed by atoms with van der Waals surface area (Å²) in [5.41, 5.74) is 6.72. The van der Waals surface area contributed by atoms with E-state index >= 15 is 0 Å². The fraction of sp³-hybridized carbons (Fsp3) is 0.500. The van der Waals surface area contributed by atoms with Crippen molar-refractivity contribution in [1.82, 2.24) is 10.2 Å². The Morgan fingerprint density at radius 1 is 1.29 bits per heavy atom. The molecule has 3 N–H and O–H groups in total. The van der Waals surface area contributed by atoms with Crippen molar-refractivity contribution in [3.05, 3.63) is 35.9 Å². The molecular weight excluding hydrogens is 264 g/mol. The van der Waals surface area contributed by atoms with Crippen molar-refractivity contribution < 1.29 is 4.79 Å². The average Bonchev–Trinajstić information content (AvgIpc) is 2.41. The lowest BCUT2D eigenvalue weighted by molar-refractivity contribution is -0.130. The van der Waals surface area contributed by atoms with Gasteiger partial charge in [0.25, 0.3) is 0 Å². The number of rotatable bonds is 5. The molecule has 0 aliphatic rings. The number of nitrogens with two attached hydrogens (primary N) is 1. The van der Waals surface area contributed by atoms with Gasteiger partial charge < -0.3 is 16.0 Å². The van der Waals surface area contributed by atoms with Crippen molar-refractivity contribution in [2.75, 3.05) is 13.1 Å². The third-order valence-electron chi connectivity index (χ3n) is 2.84. The standard InChI is InChI=1S/C16H26N4O/c1-5-20(12-13-9-7-6-8-10-13)14(21)11-18-15(17)19-16(2,3)4/h6-10H,5,11-12H2,1-4H3,(H3,17,18,19). The van der Waals surface area contributed by atoms with Crippen LogP contribution in [0.25, 0.3) is 0 Å². The predicted octanol–water partition coefficient (Wildman–Crippen LogP) is 1.74. The third-order valence-corrected chi connectivity index (χ3v) is 2.84. The molecule has 0 atom stereocenters. The van der Waals surface area contributed by atoms with E-state index in [4.69, 9.17) is 5.73 Å². The summed E-state index contributed by atoms with van der Waals surface area (Å²) >= 11 is 0. The Kier molecular flexibility index (Phi) is 6.21. The van der Waals surface area contributed by atoms with E-state index in [0.29, 0.717) is 19.0 Å². The summed E-state index contributed by atoms with van der Waals surface area (Å²) in [6, 6.07) is 9.92. The molecule has 0 radical (unpaired) electrons. The Bertz CT molecular complexity index is 477. The molecule has 1 amide bonds. The molecule has 0 bridgehead atoms. The molecule has 0 aliphatic heterocycles. The van der Waals surface area contributed by atoms with E-state index in [1.54, 1.807) is 4.90 Å². The van der Waals surface area contributed by atoms with Crippen molar-refractivity contribution in [2.45, 2.75) is 39.8 Å². The summed E-state index contributed by atoms with van der Waals surface area (Å²) in [6.45, 7) is 9.24. The van der Waals surface area contributed by atoms with Gasteiger partial charge in [-0.15, -0.1) is 0 Å². The molecule has 0 unspecified atom stereocenters. The first kappa shape index (κ1) is 17.0. The largest absolute Gasteiger partial charge is 0.370 e. The normalized spacial score (nSPS) is 12.1. The number of nitrogens with zero attached hydrogens (tertiary/aromatic N) is 2. The molecule has 0 saturated carbocycles. The average molecular weight is 290 g/mol. The van der Waals surface area contributed by atoms with E-state index in [2.05, 4.69) is 10.3 Å². The molecule has 5 nitrogen and oxygen atoms in total. The Labute approximate surface area is 127 Å². The number of hydrogen-bond donors (Lipinski definition) is 2. The molecule has 116 valence electrons. The molecular formula is C16H26N4O. The van der Waals surface area contributed by atoms with Gasteiger partial charge in [-0.1, -0.05) is 30.3 Å². The lowest BCUT2D eigenvalue weighted by atomic mass is 10.1. The highest BCUT2D eigenvalue weighted by molar-refractivity contribution is 5.84. The molecule has 0 aliphatic carbocycles. The zero-order valence-corrected chi connectivity index (χ0v) is 13.4. The number of hydrogen-bond acceptors (Lipinski definition) is 2. The van der Waals surface area contributed by atoms with Crippen LogP contribution in [0.1, 0.15) is 33.3 Å². The minimum atomic E-state index is -0.162. The number of carbonyl (C=O) groups is 1. The van der Waals surface area contributed by atoms with Crippen LogP contribution >= 0.6 is 0 Å². The maximum Gasteiger partial charge on any atom is 0.244 e. The zero-order valence-electron chi connectivity index (χ0n) is 13.4. The number of carbonyl (C=O) groups excluding carboxylic acids is 1. The van der Waals surface area contributed by atoms with Gasteiger partial charge in [0.15, 0.2) is 5.96 Å². The zero-order chi connectivity index (χ0) is 15.9. The lowest BCUT2D eigenvalue weighted by Crippen LogP contribution is -2.45. The SMILES string of the molecule is CCN(Cc1ccccc1)C(=O)CN=C(N)NC(C)(C)C. The van der Waals surface area contributed by atoms with Gasteiger partial charge in [-0.2, -0.15) is 0 Å². The molecule has 21 heavy (non-hydrogen) atoms. The number of guanidine groups is 1. The fourth-order valence-electron chi connectivity index (χ4n) is 1.86. The second kappa shape index (κ2) is 7.67. The van der Waals surface area contributed by atoms with Gasteiger partial charge >= 0.3 is 0 Å². The number of likely N-dealkylation sites (N-methyl/N-ethyl adjacent to an activating group) is 1. The van der Waals surface area contributed by atoms with E-state index in [0.717, 1.165) is 5.56 Å². The molecule has 1 aromatic carbocycles. The van der Waals surface area contributed by atoms with E-state index < -0.39 is 0 Å². The number of nitrogens with one attached hydrogen (secondary N) is 1. The van der Waals surface area contributed by atoms with Gasteiger partial charge in [-0.25, -0.2) is 4.99 Å². The second-order valence-corrected chi connectivity index (χ2v) is 5.97. The number of benzene rings is 1. The summed E-state index contributed by atoms with van der Waals surface area (Å²) in [5.74, 6) is 0.270. The van der Waals surface area contributed by atoms with Crippen LogP contribution in [-0.4, -0.2) is 35.4 Å². The highest BCUT2D eigenvalue weighted by Crippen LogP contribution is 2.04. The Balaban J connectivity index is 2.58. The quantitative estimate of drug-likeness (QED) is 0.641. The minimum absolute atomic E-state index is 0.0278. The first-order valence-corrected chi connectivity index (χ1v) is 7.21. The van der Waals surface area contributed by atoms with Gasteiger partial charge in [-0.05, 0) is 33.3 Å². The van der Waals surface area contributed by atoms with Gasteiger partial charge in [0.2, 0.25) is 5.91 Å². The molecule has 0 aromatic heterocycles. The highest BCUT2D eigenvalue weighted by atomic mass is 16.2. The monoisotopic (exact) mass is 290 g/mol. The molecule has 0 fully saturated rings. The second-order valence-electron chi connectivity index (χ2n) is 5.97. The Hall–Kier alpha value is -2.04. The van der Waals surface area contributed by atoms with Crippen LogP contribution in [0.15, 0.2) is 35.3 Å². The van der Waals surface area contributed by atoms with Crippen LogP contribution in [0.3, 0.4) is 0 Å². The molecule has 5 heteroatoms. The van der Waals surface area contributed by atoms with E-state index in [9.17, 15) is 4.79 Å². The van der Waals surface area contributed by atoms with Crippen molar-refractivity contribution in [3.8, 4) is 0 Å². The van der Waals surface area contributed by atoms with Crippen molar-refractivity contribution >= 4 is 11.9 Å². The maximum atomic E-state index is 12.2. The van der Waals surface area contributed by atoms with Gasteiger partial charge in [-0.3, -0.25) is 4.79 Å². The van der Waals surface area contributed by atoms with Crippen molar-refractivity contribution in [3.63, 3.8) is 0 Å². The molecule has 1 aromatic rings. The van der Waals surface area contributed by atoms with Crippen LogP contribution in [0.5, 0.6) is 0 Å². The lowest BCUT2D eigenvalue weighted by Gasteiger charge is -2.22. The number of amides is 1. The van der Waals surface area contributed by atoms with Gasteiger partial charge in [0, 0.05) is 18.6 Å². The first-order chi connectivity index (χ1) is 9.81. The topological polar surface area (TPSA) is 70.7 Å². The van der Waals surface area contributed by atoms with Gasteiger partial charge in [0.05, 0.1) is 0 Å². The number of aliphatic imine (C=N–C) groups is 1. The van der Waals surface area contributed by atoms with Crippen molar-refractivity contribution in [2.24, 2.45) is 10.7 Å². The van der Waals surface area contributed by atoms with Gasteiger partial charge in [0.1, 0.15) is 6.54 Å². The minimum Gasteiger partial charge on any atom is -0.370 e. The first-order valence-electron chi connectivity index (χ1n) is 7.21. The van der Waals surface area contributed by atoms with E-state index in [1.165, 1.54) is 0 Å².